The van der Waals surface area contributed by atoms with Gasteiger partial charge in [-0.2, -0.15) is 0 Å². The van der Waals surface area contributed by atoms with Gasteiger partial charge in [-0.05, 0) is 29.7 Å². The molecule has 0 saturated heterocycles. The Kier molecular flexibility index (Phi) is 3.57. The van der Waals surface area contributed by atoms with E-state index < -0.39 is 33.1 Å². The molecular formula is C14H17NO5S. The minimum atomic E-state index is -3.28. The van der Waals surface area contributed by atoms with Gasteiger partial charge in [0.15, 0.2) is 9.84 Å². The number of rotatable bonds is 4. The summed E-state index contributed by atoms with van der Waals surface area (Å²) in [5, 5.41) is 11.7. The molecule has 2 N–H and O–H groups in total. The quantitative estimate of drug-likeness (QED) is 0.875. The maximum atomic E-state index is 12.1. The number of hydrogen-bond acceptors (Lipinski definition) is 4. The van der Waals surface area contributed by atoms with E-state index in [1.807, 2.05) is 0 Å². The molecule has 2 unspecified atom stereocenters. The molecule has 0 aliphatic heterocycles. The van der Waals surface area contributed by atoms with Crippen molar-refractivity contribution < 1.29 is 23.1 Å². The Labute approximate surface area is 123 Å². The largest absolute Gasteiger partial charge is 0.481 e. The first-order valence-corrected chi connectivity index (χ1v) is 8.28. The van der Waals surface area contributed by atoms with Crippen LogP contribution in [0.15, 0.2) is 29.2 Å². The minimum Gasteiger partial charge on any atom is -0.481 e. The Morgan fingerprint density at radius 3 is 2.05 bits per heavy atom. The number of nitrogens with one attached hydrogen (secondary N) is 1. The number of sulfone groups is 1. The molecule has 1 aromatic rings. The van der Waals surface area contributed by atoms with E-state index >= 15 is 0 Å². The molecular weight excluding hydrogens is 294 g/mol. The van der Waals surface area contributed by atoms with Gasteiger partial charge in [-0.15, -0.1) is 0 Å². The maximum absolute atomic E-state index is 12.1. The topological polar surface area (TPSA) is 101 Å². The highest BCUT2D eigenvalue weighted by atomic mass is 32.2. The second-order valence-electron chi connectivity index (χ2n) is 5.90. The fraction of sp³-hybridized carbons (Fsp3) is 0.429. The molecule has 0 bridgehead atoms. The average Bonchev–Trinajstić information content (AvgIpc) is 2.92. The Bertz CT molecular complexity index is 691. The van der Waals surface area contributed by atoms with Crippen LogP contribution in [0.3, 0.4) is 0 Å². The SMILES string of the molecule is CC1(C)C(C(=O)O)C1C(=O)Nc1ccc(S(C)(=O)=O)cc1. The van der Waals surface area contributed by atoms with E-state index in [9.17, 15) is 18.0 Å². The van der Waals surface area contributed by atoms with Gasteiger partial charge in [0.1, 0.15) is 0 Å². The third kappa shape index (κ3) is 2.92. The molecule has 7 heteroatoms. The van der Waals surface area contributed by atoms with Crippen LogP contribution >= 0.6 is 0 Å². The highest BCUT2D eigenvalue weighted by Crippen LogP contribution is 2.58. The summed E-state index contributed by atoms with van der Waals surface area (Å²) < 4.78 is 22.7. The van der Waals surface area contributed by atoms with E-state index in [1.165, 1.54) is 24.3 Å². The average molecular weight is 311 g/mol. The predicted octanol–water partition coefficient (Wildman–Crippen LogP) is 1.39. The summed E-state index contributed by atoms with van der Waals surface area (Å²) >= 11 is 0. The van der Waals surface area contributed by atoms with Crippen LogP contribution in [0, 0.1) is 17.3 Å². The summed E-state index contributed by atoms with van der Waals surface area (Å²) in [5.41, 5.74) is -0.123. The highest BCUT2D eigenvalue weighted by Gasteiger charge is 2.65. The first-order chi connectivity index (χ1) is 9.55. The number of carboxylic acid groups (broad SMARTS) is 1. The number of amides is 1. The van der Waals surface area contributed by atoms with Gasteiger partial charge in [-0.3, -0.25) is 9.59 Å². The molecule has 21 heavy (non-hydrogen) atoms. The van der Waals surface area contributed by atoms with E-state index in [0.717, 1.165) is 6.26 Å². The number of benzene rings is 1. The molecule has 1 aromatic carbocycles. The van der Waals surface area contributed by atoms with Crippen LogP contribution in [0.4, 0.5) is 5.69 Å². The second kappa shape index (κ2) is 4.84. The van der Waals surface area contributed by atoms with Gasteiger partial charge < -0.3 is 10.4 Å². The third-order valence-electron chi connectivity index (χ3n) is 3.93. The molecule has 1 amide bonds. The van der Waals surface area contributed by atoms with Crippen molar-refractivity contribution in [1.82, 2.24) is 0 Å². The van der Waals surface area contributed by atoms with Crippen molar-refractivity contribution >= 4 is 27.4 Å². The number of anilines is 1. The van der Waals surface area contributed by atoms with Crippen molar-refractivity contribution in [3.63, 3.8) is 0 Å². The van der Waals surface area contributed by atoms with E-state index in [4.69, 9.17) is 5.11 Å². The second-order valence-corrected chi connectivity index (χ2v) is 7.92. The number of carboxylic acids is 1. The molecule has 2 atom stereocenters. The Morgan fingerprint density at radius 2 is 1.67 bits per heavy atom. The van der Waals surface area contributed by atoms with Crippen LogP contribution in [0.1, 0.15) is 13.8 Å². The van der Waals surface area contributed by atoms with Gasteiger partial charge in [0.25, 0.3) is 0 Å². The molecule has 0 spiro atoms. The van der Waals surface area contributed by atoms with Crippen LogP contribution in [0.5, 0.6) is 0 Å². The zero-order valence-corrected chi connectivity index (χ0v) is 12.8. The van der Waals surface area contributed by atoms with Gasteiger partial charge in [0.2, 0.25) is 5.91 Å². The first-order valence-electron chi connectivity index (χ1n) is 6.39. The fourth-order valence-electron chi connectivity index (χ4n) is 2.59. The van der Waals surface area contributed by atoms with Gasteiger partial charge in [0.05, 0.1) is 16.7 Å². The summed E-state index contributed by atoms with van der Waals surface area (Å²) in [7, 11) is -3.28. The third-order valence-corrected chi connectivity index (χ3v) is 5.05. The van der Waals surface area contributed by atoms with Crippen LogP contribution in [0.2, 0.25) is 0 Å². The Morgan fingerprint density at radius 1 is 1.14 bits per heavy atom. The van der Waals surface area contributed by atoms with Gasteiger partial charge in [-0.25, -0.2) is 8.42 Å². The number of carbonyl (C=O) groups is 2. The highest BCUT2D eigenvalue weighted by molar-refractivity contribution is 7.90. The lowest BCUT2D eigenvalue weighted by Crippen LogP contribution is -2.17. The van der Waals surface area contributed by atoms with Crippen molar-refractivity contribution in [3.8, 4) is 0 Å². The maximum Gasteiger partial charge on any atom is 0.307 e. The van der Waals surface area contributed by atoms with Crippen LogP contribution in [-0.4, -0.2) is 31.7 Å². The van der Waals surface area contributed by atoms with Crippen molar-refractivity contribution in [2.75, 3.05) is 11.6 Å². The zero-order valence-electron chi connectivity index (χ0n) is 12.0. The summed E-state index contributed by atoms with van der Waals surface area (Å²) in [6.45, 7) is 3.48. The normalized spacial score (nSPS) is 23.4. The monoisotopic (exact) mass is 311 g/mol. The van der Waals surface area contributed by atoms with Crippen molar-refractivity contribution in [1.29, 1.82) is 0 Å². The molecule has 6 nitrogen and oxygen atoms in total. The number of carbonyl (C=O) groups excluding carboxylic acids is 1. The summed E-state index contributed by atoms with van der Waals surface area (Å²) in [6, 6.07) is 5.77. The molecule has 1 saturated carbocycles. The fourth-order valence-corrected chi connectivity index (χ4v) is 3.22. The summed E-state index contributed by atoms with van der Waals surface area (Å²) in [5.74, 6) is -2.61. The molecule has 0 radical (unpaired) electrons. The van der Waals surface area contributed by atoms with Crippen LogP contribution < -0.4 is 5.32 Å². The number of hydrogen-bond donors (Lipinski definition) is 2. The Hall–Kier alpha value is -1.89. The van der Waals surface area contributed by atoms with Gasteiger partial charge in [0, 0.05) is 11.9 Å². The molecule has 1 aliphatic carbocycles. The van der Waals surface area contributed by atoms with Crippen molar-refractivity contribution in [2.24, 2.45) is 17.3 Å². The standard InChI is InChI=1S/C14H17NO5S/c1-14(2)10(11(14)13(17)18)12(16)15-8-4-6-9(7-5-8)21(3,19)20/h4-7,10-11H,1-3H3,(H,15,16)(H,17,18). The zero-order chi connectivity index (χ0) is 16.0. The van der Waals surface area contributed by atoms with Crippen LogP contribution in [-0.2, 0) is 19.4 Å². The van der Waals surface area contributed by atoms with E-state index in [1.54, 1.807) is 13.8 Å². The Balaban J connectivity index is 2.10. The number of aliphatic carboxylic acids is 1. The molecule has 0 aromatic heterocycles. The van der Waals surface area contributed by atoms with Gasteiger partial charge in [-0.1, -0.05) is 13.8 Å². The van der Waals surface area contributed by atoms with Crippen LogP contribution in [0.25, 0.3) is 0 Å². The van der Waals surface area contributed by atoms with Gasteiger partial charge >= 0.3 is 5.97 Å². The lowest BCUT2D eigenvalue weighted by molar-refractivity contribution is -0.140. The lowest BCUT2D eigenvalue weighted by Gasteiger charge is -2.06. The molecule has 114 valence electrons. The molecule has 1 fully saturated rings. The molecule has 2 rings (SSSR count). The smallest absolute Gasteiger partial charge is 0.307 e. The molecule has 0 heterocycles. The van der Waals surface area contributed by atoms with Crippen molar-refractivity contribution in [3.05, 3.63) is 24.3 Å². The first kappa shape index (κ1) is 15.5. The van der Waals surface area contributed by atoms with Crippen molar-refractivity contribution in [2.45, 2.75) is 18.7 Å². The minimum absolute atomic E-state index is 0.163. The molecule has 1 aliphatic rings. The van der Waals surface area contributed by atoms with E-state index in [2.05, 4.69) is 5.32 Å². The van der Waals surface area contributed by atoms with E-state index in [0.29, 0.717) is 5.69 Å². The van der Waals surface area contributed by atoms with E-state index in [-0.39, 0.29) is 10.8 Å². The predicted molar refractivity (Wildman–Crippen MR) is 76.6 cm³/mol. The summed E-state index contributed by atoms with van der Waals surface area (Å²) in [4.78, 5) is 23.3. The summed E-state index contributed by atoms with van der Waals surface area (Å²) in [6.07, 6.45) is 1.10. The lowest BCUT2D eigenvalue weighted by atomic mass is 10.1.